The quantitative estimate of drug-likeness (QED) is 0.903. The standard InChI is InChI=1S/C20H23FN2O/c21-17-10-8-16(9-11-17)19-7-4-14-23(19)20(24)13-12-18(22)15-5-2-1-3-6-15/h1-3,5-6,8-11,18-19H,4,7,12-14,22H2/t18-,19+/m1/s1. The summed E-state index contributed by atoms with van der Waals surface area (Å²) in [5.74, 6) is -0.114. The van der Waals surface area contributed by atoms with Crippen LogP contribution in [0.2, 0.25) is 0 Å². The Bertz CT molecular complexity index is 672. The first-order valence-electron chi connectivity index (χ1n) is 8.50. The number of halogens is 1. The van der Waals surface area contributed by atoms with Gasteiger partial charge in [-0.2, -0.15) is 0 Å². The van der Waals surface area contributed by atoms with Crippen molar-refractivity contribution in [1.82, 2.24) is 4.90 Å². The third-order valence-electron chi connectivity index (χ3n) is 4.72. The monoisotopic (exact) mass is 326 g/mol. The van der Waals surface area contributed by atoms with Crippen LogP contribution in [-0.2, 0) is 4.79 Å². The van der Waals surface area contributed by atoms with Crippen molar-refractivity contribution in [3.63, 3.8) is 0 Å². The molecule has 0 aromatic heterocycles. The van der Waals surface area contributed by atoms with E-state index in [4.69, 9.17) is 5.73 Å². The first kappa shape index (κ1) is 16.7. The van der Waals surface area contributed by atoms with Crippen LogP contribution in [0.15, 0.2) is 54.6 Å². The van der Waals surface area contributed by atoms with E-state index in [0.717, 1.165) is 30.5 Å². The van der Waals surface area contributed by atoms with Gasteiger partial charge in [-0.1, -0.05) is 42.5 Å². The number of rotatable bonds is 5. The van der Waals surface area contributed by atoms with Gasteiger partial charge in [-0.3, -0.25) is 4.79 Å². The van der Waals surface area contributed by atoms with Crippen LogP contribution in [0.3, 0.4) is 0 Å². The molecule has 1 saturated heterocycles. The number of carbonyl (C=O) groups is 1. The van der Waals surface area contributed by atoms with Crippen molar-refractivity contribution in [3.8, 4) is 0 Å². The summed E-state index contributed by atoms with van der Waals surface area (Å²) in [7, 11) is 0. The molecule has 0 bridgehead atoms. The zero-order valence-electron chi connectivity index (χ0n) is 13.7. The van der Waals surface area contributed by atoms with E-state index in [1.165, 1.54) is 12.1 Å². The Hall–Kier alpha value is -2.20. The molecule has 2 N–H and O–H groups in total. The number of carbonyl (C=O) groups excluding carboxylic acids is 1. The van der Waals surface area contributed by atoms with E-state index in [1.54, 1.807) is 12.1 Å². The number of likely N-dealkylation sites (tertiary alicyclic amines) is 1. The van der Waals surface area contributed by atoms with Crippen molar-refractivity contribution < 1.29 is 9.18 Å². The summed E-state index contributed by atoms with van der Waals surface area (Å²) in [5.41, 5.74) is 8.26. The SMILES string of the molecule is N[C@H](CCC(=O)N1CCC[C@H]1c1ccc(F)cc1)c1ccccc1. The van der Waals surface area contributed by atoms with Crippen LogP contribution in [-0.4, -0.2) is 17.4 Å². The summed E-state index contributed by atoms with van der Waals surface area (Å²) in [4.78, 5) is 14.5. The van der Waals surface area contributed by atoms with Gasteiger partial charge in [0.15, 0.2) is 0 Å². The number of benzene rings is 2. The van der Waals surface area contributed by atoms with Crippen LogP contribution >= 0.6 is 0 Å². The Morgan fingerprint density at radius 1 is 1.17 bits per heavy atom. The lowest BCUT2D eigenvalue weighted by molar-refractivity contribution is -0.132. The van der Waals surface area contributed by atoms with Gasteiger partial charge in [-0.25, -0.2) is 4.39 Å². The molecular formula is C20H23FN2O. The molecule has 3 rings (SSSR count). The summed E-state index contributed by atoms with van der Waals surface area (Å²) in [6.07, 6.45) is 2.99. The van der Waals surface area contributed by atoms with E-state index in [9.17, 15) is 9.18 Å². The molecule has 1 fully saturated rings. The molecule has 0 unspecified atom stereocenters. The Kier molecular flexibility index (Phi) is 5.26. The van der Waals surface area contributed by atoms with Crippen LogP contribution < -0.4 is 5.73 Å². The normalized spacial score (nSPS) is 18.6. The van der Waals surface area contributed by atoms with Gasteiger partial charge in [0.05, 0.1) is 6.04 Å². The van der Waals surface area contributed by atoms with Gasteiger partial charge >= 0.3 is 0 Å². The van der Waals surface area contributed by atoms with E-state index >= 15 is 0 Å². The van der Waals surface area contributed by atoms with Gasteiger partial charge in [0.2, 0.25) is 5.91 Å². The third kappa shape index (κ3) is 3.82. The molecule has 2 aromatic rings. The van der Waals surface area contributed by atoms with Crippen molar-refractivity contribution in [2.75, 3.05) is 6.54 Å². The fourth-order valence-corrected chi connectivity index (χ4v) is 3.39. The minimum Gasteiger partial charge on any atom is -0.336 e. The van der Waals surface area contributed by atoms with Crippen molar-refractivity contribution in [2.24, 2.45) is 5.73 Å². The molecule has 1 heterocycles. The average Bonchev–Trinajstić information content (AvgIpc) is 3.10. The molecule has 0 spiro atoms. The molecule has 0 aliphatic carbocycles. The fraction of sp³-hybridized carbons (Fsp3) is 0.350. The molecule has 126 valence electrons. The molecule has 2 atom stereocenters. The van der Waals surface area contributed by atoms with Gasteiger partial charge in [-0.05, 0) is 42.5 Å². The summed E-state index contributed by atoms with van der Waals surface area (Å²) in [6, 6.07) is 16.3. The van der Waals surface area contributed by atoms with Crippen molar-refractivity contribution in [1.29, 1.82) is 0 Å². The van der Waals surface area contributed by atoms with Gasteiger partial charge in [-0.15, -0.1) is 0 Å². The number of amides is 1. The maximum atomic E-state index is 13.1. The first-order chi connectivity index (χ1) is 11.6. The van der Waals surface area contributed by atoms with Crippen LogP contribution in [0.4, 0.5) is 4.39 Å². The van der Waals surface area contributed by atoms with Crippen LogP contribution in [0.5, 0.6) is 0 Å². The van der Waals surface area contributed by atoms with Crippen molar-refractivity contribution in [3.05, 3.63) is 71.5 Å². The Balaban J connectivity index is 1.60. The molecule has 2 aromatic carbocycles. The molecule has 1 aliphatic rings. The predicted molar refractivity (Wildman–Crippen MR) is 92.7 cm³/mol. The van der Waals surface area contributed by atoms with E-state index in [1.807, 2.05) is 35.2 Å². The molecule has 1 aliphatic heterocycles. The molecular weight excluding hydrogens is 303 g/mol. The minimum atomic E-state index is -0.247. The summed E-state index contributed by atoms with van der Waals surface area (Å²) < 4.78 is 13.1. The molecule has 0 radical (unpaired) electrons. The number of hydrogen-bond acceptors (Lipinski definition) is 2. The van der Waals surface area contributed by atoms with E-state index < -0.39 is 0 Å². The maximum Gasteiger partial charge on any atom is 0.223 e. The Morgan fingerprint density at radius 2 is 1.88 bits per heavy atom. The van der Waals surface area contributed by atoms with Crippen LogP contribution in [0.1, 0.15) is 48.9 Å². The highest BCUT2D eigenvalue weighted by atomic mass is 19.1. The molecule has 0 saturated carbocycles. The second kappa shape index (κ2) is 7.58. The average molecular weight is 326 g/mol. The molecule has 3 nitrogen and oxygen atoms in total. The van der Waals surface area contributed by atoms with E-state index in [-0.39, 0.29) is 23.8 Å². The smallest absolute Gasteiger partial charge is 0.223 e. The third-order valence-corrected chi connectivity index (χ3v) is 4.72. The number of nitrogens with two attached hydrogens (primary N) is 1. The lowest BCUT2D eigenvalue weighted by Gasteiger charge is -2.26. The summed E-state index contributed by atoms with van der Waals surface area (Å²) >= 11 is 0. The highest BCUT2D eigenvalue weighted by Crippen LogP contribution is 2.33. The van der Waals surface area contributed by atoms with Gasteiger partial charge < -0.3 is 10.6 Å². The van der Waals surface area contributed by atoms with Crippen molar-refractivity contribution in [2.45, 2.75) is 37.8 Å². The molecule has 4 heteroatoms. The Labute approximate surface area is 142 Å². The Morgan fingerprint density at radius 3 is 2.58 bits per heavy atom. The van der Waals surface area contributed by atoms with Crippen molar-refractivity contribution >= 4 is 5.91 Å². The first-order valence-corrected chi connectivity index (χ1v) is 8.50. The van der Waals surface area contributed by atoms with Gasteiger partial charge in [0, 0.05) is 19.0 Å². The second-order valence-electron chi connectivity index (χ2n) is 6.35. The number of hydrogen-bond donors (Lipinski definition) is 1. The largest absolute Gasteiger partial charge is 0.336 e. The van der Waals surface area contributed by atoms with E-state index in [2.05, 4.69) is 0 Å². The maximum absolute atomic E-state index is 13.1. The van der Waals surface area contributed by atoms with Gasteiger partial charge in [0.1, 0.15) is 5.82 Å². The lowest BCUT2D eigenvalue weighted by atomic mass is 10.0. The highest BCUT2D eigenvalue weighted by Gasteiger charge is 2.29. The molecule has 1 amide bonds. The lowest BCUT2D eigenvalue weighted by Crippen LogP contribution is -2.31. The molecule has 24 heavy (non-hydrogen) atoms. The summed E-state index contributed by atoms with van der Waals surface area (Å²) in [5, 5.41) is 0. The predicted octanol–water partition coefficient (Wildman–Crippen LogP) is 3.97. The van der Waals surface area contributed by atoms with E-state index in [0.29, 0.717) is 12.8 Å². The topological polar surface area (TPSA) is 46.3 Å². The second-order valence-corrected chi connectivity index (χ2v) is 6.35. The van der Waals surface area contributed by atoms with Gasteiger partial charge in [0.25, 0.3) is 0 Å². The fourth-order valence-electron chi connectivity index (χ4n) is 3.39. The minimum absolute atomic E-state index is 0.0612. The van der Waals surface area contributed by atoms with Crippen LogP contribution in [0, 0.1) is 5.82 Å². The summed E-state index contributed by atoms with van der Waals surface area (Å²) in [6.45, 7) is 0.765. The highest BCUT2D eigenvalue weighted by molar-refractivity contribution is 5.77. The van der Waals surface area contributed by atoms with Crippen LogP contribution in [0.25, 0.3) is 0 Å². The number of nitrogens with zero attached hydrogens (tertiary/aromatic N) is 1. The zero-order chi connectivity index (χ0) is 16.9. The zero-order valence-corrected chi connectivity index (χ0v) is 13.7.